The molecule has 0 aromatic carbocycles. The lowest BCUT2D eigenvalue weighted by Crippen LogP contribution is -2.57. The van der Waals surface area contributed by atoms with Gasteiger partial charge in [-0.25, -0.2) is 4.79 Å². The highest BCUT2D eigenvalue weighted by Gasteiger charge is 2.45. The summed E-state index contributed by atoms with van der Waals surface area (Å²) >= 11 is 0. The number of ether oxygens (including phenoxy) is 1. The zero-order valence-electron chi connectivity index (χ0n) is 11.4. The van der Waals surface area contributed by atoms with Crippen molar-refractivity contribution in [1.29, 1.82) is 0 Å². The number of rotatable bonds is 5. The number of carbonyl (C=O) groups is 2. The molecule has 0 unspecified atom stereocenters. The van der Waals surface area contributed by atoms with Gasteiger partial charge >= 0.3 is 5.97 Å². The summed E-state index contributed by atoms with van der Waals surface area (Å²) in [6.45, 7) is 9.70. The van der Waals surface area contributed by atoms with Crippen LogP contribution < -0.4 is 5.32 Å². The summed E-state index contributed by atoms with van der Waals surface area (Å²) in [6, 6.07) is 0. The Labute approximate surface area is 103 Å². The van der Waals surface area contributed by atoms with E-state index in [9.17, 15) is 9.59 Å². The monoisotopic (exact) mass is 241 g/mol. The van der Waals surface area contributed by atoms with Crippen LogP contribution in [0.1, 0.15) is 41.0 Å². The highest BCUT2D eigenvalue weighted by Crippen LogP contribution is 2.38. The van der Waals surface area contributed by atoms with Crippen molar-refractivity contribution in [2.24, 2.45) is 17.8 Å². The second-order valence-corrected chi connectivity index (χ2v) is 5.39. The minimum Gasteiger partial charge on any atom is -0.464 e. The molecule has 0 aromatic rings. The number of hydrogen-bond donors (Lipinski definition) is 1. The Morgan fingerprint density at radius 1 is 1.47 bits per heavy atom. The topological polar surface area (TPSA) is 55.4 Å². The molecule has 0 radical (unpaired) electrons. The molecule has 0 spiro atoms. The van der Waals surface area contributed by atoms with Crippen LogP contribution in [-0.4, -0.2) is 24.0 Å². The lowest BCUT2D eigenvalue weighted by atomic mass is 9.88. The summed E-state index contributed by atoms with van der Waals surface area (Å²) in [5.41, 5.74) is -0.921. The molecule has 1 rings (SSSR count). The van der Waals surface area contributed by atoms with Crippen LogP contribution in [0.2, 0.25) is 0 Å². The summed E-state index contributed by atoms with van der Waals surface area (Å²) < 4.78 is 5.04. The molecule has 1 aliphatic carbocycles. The van der Waals surface area contributed by atoms with Gasteiger partial charge in [-0.1, -0.05) is 20.8 Å². The smallest absolute Gasteiger partial charge is 0.331 e. The molecule has 98 valence electrons. The summed E-state index contributed by atoms with van der Waals surface area (Å²) in [5.74, 6) is 0.133. The van der Waals surface area contributed by atoms with Crippen LogP contribution in [0.3, 0.4) is 0 Å². The molecule has 1 aliphatic rings. The number of hydrogen-bond acceptors (Lipinski definition) is 3. The molecule has 1 saturated carbocycles. The summed E-state index contributed by atoms with van der Waals surface area (Å²) in [7, 11) is 0. The first kappa shape index (κ1) is 14.0. The van der Waals surface area contributed by atoms with Crippen molar-refractivity contribution >= 4 is 11.9 Å². The van der Waals surface area contributed by atoms with Crippen LogP contribution >= 0.6 is 0 Å². The van der Waals surface area contributed by atoms with E-state index in [-0.39, 0.29) is 23.7 Å². The Kier molecular flexibility index (Phi) is 4.17. The minimum absolute atomic E-state index is 0.000411. The molecule has 1 N–H and O–H groups in total. The van der Waals surface area contributed by atoms with Crippen molar-refractivity contribution < 1.29 is 14.3 Å². The fourth-order valence-corrected chi connectivity index (χ4v) is 1.75. The van der Waals surface area contributed by atoms with Crippen LogP contribution in [0.15, 0.2) is 0 Å². The van der Waals surface area contributed by atoms with Crippen molar-refractivity contribution in [3.8, 4) is 0 Å². The molecule has 0 aliphatic heterocycles. The first-order chi connectivity index (χ1) is 7.82. The van der Waals surface area contributed by atoms with E-state index in [1.807, 2.05) is 20.8 Å². The first-order valence-corrected chi connectivity index (χ1v) is 6.32. The van der Waals surface area contributed by atoms with Gasteiger partial charge in [0, 0.05) is 5.92 Å². The van der Waals surface area contributed by atoms with Crippen LogP contribution in [0, 0.1) is 17.8 Å². The van der Waals surface area contributed by atoms with E-state index in [0.29, 0.717) is 12.5 Å². The Morgan fingerprint density at radius 2 is 2.00 bits per heavy atom. The molecule has 4 nitrogen and oxygen atoms in total. The first-order valence-electron chi connectivity index (χ1n) is 6.32. The number of amides is 1. The van der Waals surface area contributed by atoms with E-state index < -0.39 is 5.54 Å². The Morgan fingerprint density at radius 3 is 2.35 bits per heavy atom. The Bertz CT molecular complexity index is 314. The average Bonchev–Trinajstić information content (AvgIpc) is 2.95. The maximum atomic E-state index is 11.9. The lowest BCUT2D eigenvalue weighted by Gasteiger charge is -2.32. The van der Waals surface area contributed by atoms with Gasteiger partial charge < -0.3 is 10.1 Å². The van der Waals surface area contributed by atoms with Crippen molar-refractivity contribution in [1.82, 2.24) is 5.32 Å². The SMILES string of the molecule is CCOC(=O)[C@](C)(NC(=O)[C@H]1C[C@@H]1C)C(C)C. The van der Waals surface area contributed by atoms with Crippen molar-refractivity contribution in [2.45, 2.75) is 46.6 Å². The maximum absolute atomic E-state index is 11.9. The van der Waals surface area contributed by atoms with E-state index in [0.717, 1.165) is 6.42 Å². The number of carbonyl (C=O) groups excluding carboxylic acids is 2. The normalized spacial score (nSPS) is 26.2. The van der Waals surface area contributed by atoms with Crippen molar-refractivity contribution in [3.63, 3.8) is 0 Å². The van der Waals surface area contributed by atoms with Crippen LogP contribution in [-0.2, 0) is 14.3 Å². The zero-order valence-corrected chi connectivity index (χ0v) is 11.4. The van der Waals surface area contributed by atoms with Gasteiger partial charge in [0.05, 0.1) is 6.61 Å². The van der Waals surface area contributed by atoms with Gasteiger partial charge in [-0.15, -0.1) is 0 Å². The van der Waals surface area contributed by atoms with Crippen LogP contribution in [0.5, 0.6) is 0 Å². The largest absolute Gasteiger partial charge is 0.464 e. The minimum atomic E-state index is -0.921. The fourth-order valence-electron chi connectivity index (χ4n) is 1.75. The standard InChI is InChI=1S/C13H23NO3/c1-6-17-12(16)13(5,8(2)3)14-11(15)10-7-9(10)4/h8-10H,6-7H2,1-5H3,(H,14,15)/t9-,10-,13+/m0/s1. The van der Waals surface area contributed by atoms with E-state index in [1.54, 1.807) is 13.8 Å². The molecule has 1 amide bonds. The van der Waals surface area contributed by atoms with Gasteiger partial charge in [-0.3, -0.25) is 4.79 Å². The van der Waals surface area contributed by atoms with Gasteiger partial charge in [0.15, 0.2) is 0 Å². The average molecular weight is 241 g/mol. The summed E-state index contributed by atoms with van der Waals surface area (Å²) in [6.07, 6.45) is 0.919. The zero-order chi connectivity index (χ0) is 13.2. The van der Waals surface area contributed by atoms with Gasteiger partial charge in [-0.05, 0) is 32.1 Å². The van der Waals surface area contributed by atoms with E-state index in [1.165, 1.54) is 0 Å². The second kappa shape index (κ2) is 5.07. The molecule has 4 heteroatoms. The third-order valence-electron chi connectivity index (χ3n) is 3.68. The number of esters is 1. The molecular formula is C13H23NO3. The molecule has 1 fully saturated rings. The lowest BCUT2D eigenvalue weighted by molar-refractivity contribution is -0.155. The third-order valence-corrected chi connectivity index (χ3v) is 3.68. The summed E-state index contributed by atoms with van der Waals surface area (Å²) in [4.78, 5) is 23.9. The fraction of sp³-hybridized carbons (Fsp3) is 0.846. The molecule has 0 aromatic heterocycles. The molecule has 0 heterocycles. The Hall–Kier alpha value is -1.06. The number of nitrogens with one attached hydrogen (secondary N) is 1. The van der Waals surface area contributed by atoms with E-state index in [4.69, 9.17) is 4.74 Å². The highest BCUT2D eigenvalue weighted by molar-refractivity contribution is 5.90. The second-order valence-electron chi connectivity index (χ2n) is 5.39. The maximum Gasteiger partial charge on any atom is 0.331 e. The molecule has 0 bridgehead atoms. The van der Waals surface area contributed by atoms with Gasteiger partial charge in [0.2, 0.25) is 5.91 Å². The molecule has 17 heavy (non-hydrogen) atoms. The highest BCUT2D eigenvalue weighted by atomic mass is 16.5. The Balaban J connectivity index is 2.71. The van der Waals surface area contributed by atoms with Gasteiger partial charge in [-0.2, -0.15) is 0 Å². The quantitative estimate of drug-likeness (QED) is 0.746. The van der Waals surface area contributed by atoms with Crippen molar-refractivity contribution in [3.05, 3.63) is 0 Å². The predicted molar refractivity (Wildman–Crippen MR) is 65.3 cm³/mol. The molecule has 0 saturated heterocycles. The van der Waals surface area contributed by atoms with Crippen molar-refractivity contribution in [2.75, 3.05) is 6.61 Å². The molecule has 3 atom stereocenters. The van der Waals surface area contributed by atoms with E-state index >= 15 is 0 Å². The van der Waals surface area contributed by atoms with Crippen LogP contribution in [0.4, 0.5) is 0 Å². The third kappa shape index (κ3) is 2.99. The van der Waals surface area contributed by atoms with Gasteiger partial charge in [0.25, 0.3) is 0 Å². The van der Waals surface area contributed by atoms with E-state index in [2.05, 4.69) is 5.32 Å². The molecular weight excluding hydrogens is 218 g/mol. The summed E-state index contributed by atoms with van der Waals surface area (Å²) in [5, 5.41) is 2.86. The van der Waals surface area contributed by atoms with Gasteiger partial charge in [0.1, 0.15) is 5.54 Å². The predicted octanol–water partition coefficient (Wildman–Crippen LogP) is 1.74. The van der Waals surface area contributed by atoms with Crippen LogP contribution in [0.25, 0.3) is 0 Å².